The van der Waals surface area contributed by atoms with Gasteiger partial charge in [0.05, 0.1) is 11.6 Å². The van der Waals surface area contributed by atoms with Crippen LogP contribution in [0.2, 0.25) is 0 Å². The summed E-state index contributed by atoms with van der Waals surface area (Å²) in [4.78, 5) is 0. The normalized spacial score (nSPS) is 13.6. The molecular weight excluding hydrogens is 269 g/mol. The summed E-state index contributed by atoms with van der Waals surface area (Å²) in [5.41, 5.74) is 1.97. The fraction of sp³-hybridized carbons (Fsp3) is 0.118. The van der Waals surface area contributed by atoms with Crippen LogP contribution in [0.15, 0.2) is 42.5 Å². The lowest BCUT2D eigenvalue weighted by atomic mass is 10.0. The maximum atomic E-state index is 12.9. The van der Waals surface area contributed by atoms with Crippen molar-refractivity contribution in [2.24, 2.45) is 0 Å². The van der Waals surface area contributed by atoms with Crippen LogP contribution in [0, 0.1) is 17.1 Å². The number of hydrogen-bond acceptors (Lipinski definition) is 3. The second-order valence-corrected chi connectivity index (χ2v) is 4.58. The van der Waals surface area contributed by atoms with Crippen LogP contribution in [0.5, 0.6) is 11.5 Å². The molecule has 104 valence electrons. The van der Waals surface area contributed by atoms with Gasteiger partial charge in [0.25, 0.3) is 0 Å². The monoisotopic (exact) mass is 281 g/mol. The number of ether oxygens (including phenoxy) is 2. The molecule has 0 amide bonds. The molecule has 0 atom stereocenters. The Bertz CT molecular complexity index is 729. The second kappa shape index (κ2) is 5.68. The van der Waals surface area contributed by atoms with Crippen molar-refractivity contribution in [2.75, 3.05) is 13.2 Å². The number of fused-ring (bicyclic) bond motifs is 1. The second-order valence-electron chi connectivity index (χ2n) is 4.58. The van der Waals surface area contributed by atoms with E-state index in [0.29, 0.717) is 35.8 Å². The summed E-state index contributed by atoms with van der Waals surface area (Å²) in [5.74, 6) is 1.06. The van der Waals surface area contributed by atoms with Gasteiger partial charge in [0.1, 0.15) is 19.0 Å². The van der Waals surface area contributed by atoms with Crippen LogP contribution in [0.4, 0.5) is 4.39 Å². The Morgan fingerprint density at radius 2 is 1.76 bits per heavy atom. The minimum atomic E-state index is -0.324. The molecule has 0 spiro atoms. The van der Waals surface area contributed by atoms with Gasteiger partial charge in [-0.3, -0.25) is 0 Å². The smallest absolute Gasteiger partial charge is 0.161 e. The van der Waals surface area contributed by atoms with Crippen LogP contribution in [0.3, 0.4) is 0 Å². The minimum absolute atomic E-state index is 0.324. The maximum Gasteiger partial charge on any atom is 0.161 e. The highest BCUT2D eigenvalue weighted by Crippen LogP contribution is 2.32. The molecule has 1 aliphatic heterocycles. The first-order valence-corrected chi connectivity index (χ1v) is 6.53. The van der Waals surface area contributed by atoms with Gasteiger partial charge in [0, 0.05) is 0 Å². The van der Waals surface area contributed by atoms with Gasteiger partial charge in [-0.05, 0) is 41.5 Å². The van der Waals surface area contributed by atoms with Crippen molar-refractivity contribution in [3.05, 3.63) is 59.4 Å². The van der Waals surface area contributed by atoms with E-state index < -0.39 is 0 Å². The lowest BCUT2D eigenvalue weighted by Gasteiger charge is -2.18. The van der Waals surface area contributed by atoms with Gasteiger partial charge in [-0.2, -0.15) is 5.26 Å². The molecule has 0 unspecified atom stereocenters. The third-order valence-corrected chi connectivity index (χ3v) is 3.15. The van der Waals surface area contributed by atoms with E-state index in [4.69, 9.17) is 9.47 Å². The van der Waals surface area contributed by atoms with Gasteiger partial charge in [0.15, 0.2) is 11.5 Å². The molecule has 2 aromatic rings. The van der Waals surface area contributed by atoms with E-state index in [9.17, 15) is 9.65 Å². The first-order chi connectivity index (χ1) is 10.3. The molecule has 1 heterocycles. The molecule has 0 aromatic heterocycles. The zero-order valence-corrected chi connectivity index (χ0v) is 11.2. The first kappa shape index (κ1) is 13.2. The molecule has 0 fully saturated rings. The molecule has 0 saturated heterocycles. The van der Waals surface area contributed by atoms with Crippen LogP contribution >= 0.6 is 0 Å². The van der Waals surface area contributed by atoms with Crippen molar-refractivity contribution in [3.8, 4) is 17.6 Å². The summed E-state index contributed by atoms with van der Waals surface area (Å²) in [6, 6.07) is 13.5. The van der Waals surface area contributed by atoms with Gasteiger partial charge < -0.3 is 9.47 Å². The van der Waals surface area contributed by atoms with E-state index in [0.717, 1.165) is 5.56 Å². The topological polar surface area (TPSA) is 42.2 Å². The van der Waals surface area contributed by atoms with Crippen LogP contribution in [0.25, 0.3) is 11.6 Å². The quantitative estimate of drug-likeness (QED) is 0.623. The van der Waals surface area contributed by atoms with Crippen molar-refractivity contribution in [1.29, 1.82) is 5.26 Å². The third kappa shape index (κ3) is 2.87. The number of allylic oxidation sites excluding steroid dienone is 1. The van der Waals surface area contributed by atoms with E-state index >= 15 is 0 Å². The average Bonchev–Trinajstić information content (AvgIpc) is 2.53. The Labute approximate surface area is 121 Å². The van der Waals surface area contributed by atoms with Crippen LogP contribution in [-0.4, -0.2) is 13.2 Å². The maximum absolute atomic E-state index is 12.9. The number of rotatable bonds is 2. The number of nitrogens with zero attached hydrogens (tertiary/aromatic N) is 1. The fourth-order valence-corrected chi connectivity index (χ4v) is 2.13. The van der Waals surface area contributed by atoms with Gasteiger partial charge in [-0.15, -0.1) is 0 Å². The van der Waals surface area contributed by atoms with Gasteiger partial charge in [-0.1, -0.05) is 18.2 Å². The first-order valence-electron chi connectivity index (χ1n) is 6.53. The highest BCUT2D eigenvalue weighted by Gasteiger charge is 2.11. The molecule has 0 N–H and O–H groups in total. The predicted octanol–water partition coefficient (Wildman–Crippen LogP) is 3.66. The fourth-order valence-electron chi connectivity index (χ4n) is 2.13. The Balaban J connectivity index is 1.95. The number of hydrogen-bond donors (Lipinski definition) is 0. The zero-order valence-electron chi connectivity index (χ0n) is 11.2. The molecule has 3 nitrogen and oxygen atoms in total. The lowest BCUT2D eigenvalue weighted by Crippen LogP contribution is -2.15. The van der Waals surface area contributed by atoms with Gasteiger partial charge in [-0.25, -0.2) is 4.39 Å². The van der Waals surface area contributed by atoms with Gasteiger partial charge >= 0.3 is 0 Å². The number of halogens is 1. The molecule has 2 aromatic carbocycles. The highest BCUT2D eigenvalue weighted by atomic mass is 19.1. The Morgan fingerprint density at radius 1 is 1.05 bits per heavy atom. The summed E-state index contributed by atoms with van der Waals surface area (Å²) in [6.07, 6.45) is 1.74. The highest BCUT2D eigenvalue weighted by molar-refractivity contribution is 5.89. The van der Waals surface area contributed by atoms with Crippen molar-refractivity contribution in [3.63, 3.8) is 0 Å². The molecular formula is C17H12FNO2. The van der Waals surface area contributed by atoms with E-state index in [2.05, 4.69) is 6.07 Å². The number of benzene rings is 2. The average molecular weight is 281 g/mol. The van der Waals surface area contributed by atoms with Crippen LogP contribution in [-0.2, 0) is 0 Å². The zero-order chi connectivity index (χ0) is 14.7. The Morgan fingerprint density at radius 3 is 2.48 bits per heavy atom. The van der Waals surface area contributed by atoms with E-state index in [1.54, 1.807) is 18.2 Å². The minimum Gasteiger partial charge on any atom is -0.486 e. The summed E-state index contributed by atoms with van der Waals surface area (Å²) < 4.78 is 23.9. The molecule has 1 aliphatic rings. The van der Waals surface area contributed by atoms with Gasteiger partial charge in [0.2, 0.25) is 0 Å². The standard InChI is InChI=1S/C17H12FNO2/c18-15-4-2-13(3-5-15)14(11-19)9-12-1-6-16-17(10-12)21-8-7-20-16/h1-6,9-10H,7-8H2/b14-9-. The van der Waals surface area contributed by atoms with Crippen LogP contribution < -0.4 is 9.47 Å². The van der Waals surface area contributed by atoms with E-state index in [1.165, 1.54) is 12.1 Å². The molecule has 0 saturated carbocycles. The Kier molecular flexibility index (Phi) is 3.57. The van der Waals surface area contributed by atoms with Crippen molar-refractivity contribution < 1.29 is 13.9 Å². The summed E-state index contributed by atoms with van der Waals surface area (Å²) in [5, 5.41) is 9.28. The van der Waals surface area contributed by atoms with Crippen molar-refractivity contribution in [1.82, 2.24) is 0 Å². The summed E-state index contributed by atoms with van der Waals surface area (Å²) in [6.45, 7) is 1.06. The Hall–Kier alpha value is -2.80. The molecule has 4 heteroatoms. The SMILES string of the molecule is N#C/C(=C/c1ccc2c(c1)OCCO2)c1ccc(F)cc1. The summed E-state index contributed by atoms with van der Waals surface area (Å²) >= 11 is 0. The van der Waals surface area contributed by atoms with Crippen LogP contribution in [0.1, 0.15) is 11.1 Å². The molecule has 3 rings (SSSR count). The lowest BCUT2D eigenvalue weighted by molar-refractivity contribution is 0.171. The third-order valence-electron chi connectivity index (χ3n) is 3.15. The van der Waals surface area contributed by atoms with E-state index in [1.807, 2.05) is 18.2 Å². The largest absolute Gasteiger partial charge is 0.486 e. The van der Waals surface area contributed by atoms with Crippen molar-refractivity contribution in [2.45, 2.75) is 0 Å². The molecule has 21 heavy (non-hydrogen) atoms. The van der Waals surface area contributed by atoms with Crippen molar-refractivity contribution >= 4 is 11.6 Å². The summed E-state index contributed by atoms with van der Waals surface area (Å²) in [7, 11) is 0. The molecule has 0 radical (unpaired) electrons. The van der Waals surface area contributed by atoms with E-state index in [-0.39, 0.29) is 5.82 Å². The molecule has 0 aliphatic carbocycles. The molecule has 0 bridgehead atoms. The predicted molar refractivity (Wildman–Crippen MR) is 77.3 cm³/mol. The number of nitriles is 1.